The van der Waals surface area contributed by atoms with Crippen molar-refractivity contribution in [3.8, 4) is 0 Å². The van der Waals surface area contributed by atoms with E-state index < -0.39 is 4.92 Å². The third-order valence-electron chi connectivity index (χ3n) is 4.82. The van der Waals surface area contributed by atoms with Crippen molar-refractivity contribution in [2.75, 3.05) is 5.32 Å². The molecule has 5 nitrogen and oxygen atoms in total. The van der Waals surface area contributed by atoms with E-state index in [0.29, 0.717) is 17.5 Å². The van der Waals surface area contributed by atoms with Crippen molar-refractivity contribution in [2.45, 2.75) is 32.6 Å². The van der Waals surface area contributed by atoms with E-state index in [0.717, 1.165) is 31.2 Å². The first-order valence-electron chi connectivity index (χ1n) is 7.79. The maximum Gasteiger partial charge on any atom is 0.271 e. The predicted molar refractivity (Wildman–Crippen MR) is 84.5 cm³/mol. The molecule has 1 aromatic rings. The van der Waals surface area contributed by atoms with Gasteiger partial charge in [0.15, 0.2) is 0 Å². The summed E-state index contributed by atoms with van der Waals surface area (Å²) in [6, 6.07) is 4.58. The van der Waals surface area contributed by atoms with Crippen LogP contribution in [0.25, 0.3) is 0 Å². The maximum absolute atomic E-state index is 12.5. The second-order valence-corrected chi connectivity index (χ2v) is 6.23. The molecule has 2 aliphatic carbocycles. The largest absolute Gasteiger partial charge is 0.325 e. The highest BCUT2D eigenvalue weighted by atomic mass is 16.6. The highest BCUT2D eigenvalue weighted by Gasteiger charge is 2.53. The summed E-state index contributed by atoms with van der Waals surface area (Å²) in [5.74, 6) is 1.03. The molecule has 1 aromatic carbocycles. The van der Waals surface area contributed by atoms with Gasteiger partial charge in [0.05, 0.1) is 10.6 Å². The Morgan fingerprint density at radius 1 is 1.23 bits per heavy atom. The lowest BCUT2D eigenvalue weighted by atomic mass is 10.1. The molecule has 2 aliphatic rings. The van der Waals surface area contributed by atoms with Gasteiger partial charge in [-0.1, -0.05) is 18.2 Å². The summed E-state index contributed by atoms with van der Waals surface area (Å²) in [6.45, 7) is 1.85. The van der Waals surface area contributed by atoms with Crippen LogP contribution >= 0.6 is 0 Å². The number of nitro benzene ring substituents is 1. The Morgan fingerprint density at radius 2 is 1.86 bits per heavy atom. The van der Waals surface area contributed by atoms with Crippen LogP contribution in [0.4, 0.5) is 11.4 Å². The molecule has 22 heavy (non-hydrogen) atoms. The Morgan fingerprint density at radius 3 is 2.45 bits per heavy atom. The van der Waals surface area contributed by atoms with Gasteiger partial charge in [0.25, 0.3) is 5.69 Å². The number of non-ortho nitro benzene ring substituents is 1. The Kier molecular flexibility index (Phi) is 3.96. The minimum Gasteiger partial charge on any atom is -0.325 e. The number of allylic oxidation sites excluding steroid dienone is 2. The summed E-state index contributed by atoms with van der Waals surface area (Å²) in [5, 5.41) is 13.8. The molecule has 0 heterocycles. The lowest BCUT2D eigenvalue weighted by Gasteiger charge is -2.08. The van der Waals surface area contributed by atoms with E-state index >= 15 is 0 Å². The normalized spacial score (nSPS) is 26.5. The number of carbonyl (C=O) groups excluding carboxylic acids is 1. The predicted octanol–water partition coefficient (Wildman–Crippen LogP) is 3.83. The van der Waals surface area contributed by atoms with Crippen LogP contribution in [0.5, 0.6) is 0 Å². The Balaban J connectivity index is 1.70. The number of amides is 1. The van der Waals surface area contributed by atoms with Crippen LogP contribution < -0.4 is 5.32 Å². The van der Waals surface area contributed by atoms with E-state index in [2.05, 4.69) is 17.5 Å². The van der Waals surface area contributed by atoms with Gasteiger partial charge in [-0.2, -0.15) is 0 Å². The van der Waals surface area contributed by atoms with Gasteiger partial charge in [0.1, 0.15) is 0 Å². The average molecular weight is 300 g/mol. The molecule has 1 saturated carbocycles. The molecular formula is C17H20N2O3. The number of hydrogen-bond acceptors (Lipinski definition) is 3. The molecule has 0 spiro atoms. The molecule has 1 amide bonds. The first kappa shape index (κ1) is 14.8. The quantitative estimate of drug-likeness (QED) is 0.524. The molecule has 1 fully saturated rings. The molecule has 5 heteroatoms. The van der Waals surface area contributed by atoms with Crippen molar-refractivity contribution in [1.29, 1.82) is 0 Å². The number of anilines is 1. The monoisotopic (exact) mass is 300 g/mol. The van der Waals surface area contributed by atoms with Crippen LogP contribution in [0.15, 0.2) is 30.4 Å². The zero-order valence-corrected chi connectivity index (χ0v) is 12.6. The smallest absolute Gasteiger partial charge is 0.271 e. The number of hydrogen-bond donors (Lipinski definition) is 1. The third kappa shape index (κ3) is 2.89. The number of benzene rings is 1. The number of nitrogens with zero attached hydrogens (tertiary/aromatic N) is 1. The molecular weight excluding hydrogens is 280 g/mol. The second kappa shape index (κ2) is 5.91. The molecule has 1 unspecified atom stereocenters. The molecule has 3 atom stereocenters. The van der Waals surface area contributed by atoms with Crippen LogP contribution in [0.1, 0.15) is 31.2 Å². The lowest BCUT2D eigenvalue weighted by Crippen LogP contribution is -2.16. The first-order chi connectivity index (χ1) is 10.6. The van der Waals surface area contributed by atoms with E-state index in [9.17, 15) is 14.9 Å². The van der Waals surface area contributed by atoms with Gasteiger partial charge in [-0.3, -0.25) is 14.9 Å². The third-order valence-corrected chi connectivity index (χ3v) is 4.82. The van der Waals surface area contributed by atoms with Crippen molar-refractivity contribution >= 4 is 17.3 Å². The van der Waals surface area contributed by atoms with Gasteiger partial charge in [0.2, 0.25) is 5.91 Å². The summed E-state index contributed by atoms with van der Waals surface area (Å²) >= 11 is 0. The Bertz CT molecular complexity index is 623. The molecule has 1 N–H and O–H groups in total. The lowest BCUT2D eigenvalue weighted by molar-refractivity contribution is -0.384. The van der Waals surface area contributed by atoms with E-state index in [1.54, 1.807) is 6.07 Å². The van der Waals surface area contributed by atoms with E-state index in [-0.39, 0.29) is 17.5 Å². The molecule has 0 bridgehead atoms. The highest BCUT2D eigenvalue weighted by Crippen LogP contribution is 2.53. The van der Waals surface area contributed by atoms with E-state index in [1.807, 2.05) is 6.92 Å². The van der Waals surface area contributed by atoms with Gasteiger partial charge >= 0.3 is 0 Å². The minimum absolute atomic E-state index is 0.00640. The number of rotatable bonds is 3. The number of nitro groups is 1. The van der Waals surface area contributed by atoms with Crippen molar-refractivity contribution < 1.29 is 9.72 Å². The van der Waals surface area contributed by atoms with Gasteiger partial charge in [-0.05, 0) is 50.0 Å². The fourth-order valence-corrected chi connectivity index (χ4v) is 3.51. The molecule has 0 aliphatic heterocycles. The summed E-state index contributed by atoms with van der Waals surface area (Å²) in [6.07, 6.45) is 8.62. The summed E-state index contributed by atoms with van der Waals surface area (Å²) in [5.41, 5.74) is 1.40. The van der Waals surface area contributed by atoms with Crippen LogP contribution in [-0.2, 0) is 4.79 Å². The van der Waals surface area contributed by atoms with Crippen LogP contribution in [0.3, 0.4) is 0 Å². The van der Waals surface area contributed by atoms with Crippen molar-refractivity contribution in [3.05, 3.63) is 46.0 Å². The SMILES string of the molecule is Cc1ccc([N+](=O)[O-])cc1NC(=O)C1[C@H]2CCC=CCC[C@@H]12. The van der Waals surface area contributed by atoms with Crippen LogP contribution in [-0.4, -0.2) is 10.8 Å². The van der Waals surface area contributed by atoms with Gasteiger partial charge in [-0.25, -0.2) is 0 Å². The highest BCUT2D eigenvalue weighted by molar-refractivity contribution is 5.95. The standard InChI is InChI=1S/C17H20N2O3/c1-11-8-9-12(19(21)22)10-15(11)18-17(20)16-13-6-4-2-3-5-7-14(13)16/h2-3,8-10,13-14,16H,4-7H2,1H3,(H,18,20)/t13-,14+,16?. The number of nitrogens with one attached hydrogen (secondary N) is 1. The summed E-state index contributed by atoms with van der Waals surface area (Å²) < 4.78 is 0. The Labute approximate surface area is 129 Å². The topological polar surface area (TPSA) is 72.2 Å². The van der Waals surface area contributed by atoms with Crippen LogP contribution in [0.2, 0.25) is 0 Å². The van der Waals surface area contributed by atoms with Crippen LogP contribution in [0, 0.1) is 34.8 Å². The zero-order chi connectivity index (χ0) is 15.7. The minimum atomic E-state index is -0.438. The van der Waals surface area contributed by atoms with Crippen molar-refractivity contribution in [2.24, 2.45) is 17.8 Å². The Hall–Kier alpha value is -2.17. The summed E-state index contributed by atoms with van der Waals surface area (Å²) in [4.78, 5) is 22.9. The van der Waals surface area contributed by atoms with Gasteiger partial charge in [-0.15, -0.1) is 0 Å². The molecule has 0 saturated heterocycles. The molecule has 116 valence electrons. The fraction of sp³-hybridized carbons (Fsp3) is 0.471. The molecule has 3 rings (SSSR count). The average Bonchev–Trinajstić information content (AvgIpc) is 3.12. The fourth-order valence-electron chi connectivity index (χ4n) is 3.51. The number of carbonyl (C=O) groups is 1. The molecule has 0 aromatic heterocycles. The van der Waals surface area contributed by atoms with Gasteiger partial charge in [0, 0.05) is 18.1 Å². The van der Waals surface area contributed by atoms with E-state index in [1.165, 1.54) is 12.1 Å². The number of aryl methyl sites for hydroxylation is 1. The van der Waals surface area contributed by atoms with Crippen molar-refractivity contribution in [1.82, 2.24) is 0 Å². The van der Waals surface area contributed by atoms with Gasteiger partial charge < -0.3 is 5.32 Å². The van der Waals surface area contributed by atoms with E-state index in [4.69, 9.17) is 0 Å². The second-order valence-electron chi connectivity index (χ2n) is 6.23. The van der Waals surface area contributed by atoms with Crippen molar-refractivity contribution in [3.63, 3.8) is 0 Å². The maximum atomic E-state index is 12.5. The zero-order valence-electron chi connectivity index (χ0n) is 12.6. The first-order valence-corrected chi connectivity index (χ1v) is 7.79. The summed E-state index contributed by atoms with van der Waals surface area (Å²) in [7, 11) is 0. The number of fused-ring (bicyclic) bond motifs is 1. The molecule has 0 radical (unpaired) electrons.